The van der Waals surface area contributed by atoms with Crippen LogP contribution in [0.15, 0.2) is 12.4 Å². The second kappa shape index (κ2) is 3.71. The number of nitrogens with two attached hydrogens (primary N) is 1. The van der Waals surface area contributed by atoms with Crippen molar-refractivity contribution >= 4 is 11.6 Å². The van der Waals surface area contributed by atoms with Gasteiger partial charge in [0.25, 0.3) is 0 Å². The van der Waals surface area contributed by atoms with E-state index in [1.165, 1.54) is 6.20 Å². The lowest BCUT2D eigenvalue weighted by Crippen LogP contribution is -2.29. The van der Waals surface area contributed by atoms with Crippen molar-refractivity contribution in [2.45, 2.75) is 12.6 Å². The molecule has 1 aromatic heterocycles. The number of aromatic nitrogens is 2. The number of hydrogen-bond donors (Lipinski definition) is 2. The first kappa shape index (κ1) is 8.52. The van der Waals surface area contributed by atoms with E-state index in [1.807, 2.05) is 0 Å². The third kappa shape index (κ3) is 2.49. The molecule has 1 atom stereocenters. The Kier molecular flexibility index (Phi) is 2.87. The summed E-state index contributed by atoms with van der Waals surface area (Å²) in [6.07, 6.45) is 3.20. The molecule has 11 heavy (non-hydrogen) atoms. The molecule has 0 fully saturated rings. The zero-order chi connectivity index (χ0) is 8.27. The first-order valence-corrected chi connectivity index (χ1v) is 3.64. The van der Waals surface area contributed by atoms with Gasteiger partial charge in [-0.3, -0.25) is 4.68 Å². The van der Waals surface area contributed by atoms with Crippen LogP contribution in [-0.2, 0) is 6.54 Å². The van der Waals surface area contributed by atoms with Gasteiger partial charge in [0.2, 0.25) is 0 Å². The summed E-state index contributed by atoms with van der Waals surface area (Å²) < 4.78 is 1.60. The van der Waals surface area contributed by atoms with Gasteiger partial charge in [0, 0.05) is 12.2 Å². The minimum atomic E-state index is -0.272. The van der Waals surface area contributed by atoms with E-state index in [0.29, 0.717) is 11.6 Å². The van der Waals surface area contributed by atoms with Gasteiger partial charge in [0.15, 0.2) is 0 Å². The summed E-state index contributed by atoms with van der Waals surface area (Å²) >= 11 is 5.60. The van der Waals surface area contributed by atoms with Crippen molar-refractivity contribution < 1.29 is 5.11 Å². The number of hydrogen-bond acceptors (Lipinski definition) is 3. The minimum absolute atomic E-state index is 0.0442. The molecule has 1 rings (SSSR count). The van der Waals surface area contributed by atoms with Gasteiger partial charge in [-0.2, -0.15) is 5.10 Å². The lowest BCUT2D eigenvalue weighted by molar-refractivity contribution is 0.250. The molecule has 5 heteroatoms. The Balaban J connectivity index is 2.50. The smallest absolute Gasteiger partial charge is 0.0785 e. The minimum Gasteiger partial charge on any atom is -0.395 e. The quantitative estimate of drug-likeness (QED) is 0.672. The summed E-state index contributed by atoms with van der Waals surface area (Å²) in [6.45, 7) is 0.445. The molecule has 0 aliphatic rings. The highest BCUT2D eigenvalue weighted by Gasteiger charge is 2.01. The Labute approximate surface area is 69.6 Å². The van der Waals surface area contributed by atoms with Crippen molar-refractivity contribution in [3.8, 4) is 0 Å². The molecule has 62 valence electrons. The van der Waals surface area contributed by atoms with E-state index >= 15 is 0 Å². The number of rotatable bonds is 3. The van der Waals surface area contributed by atoms with Gasteiger partial charge in [-0.05, 0) is 0 Å². The third-order valence-electron chi connectivity index (χ3n) is 1.26. The zero-order valence-corrected chi connectivity index (χ0v) is 6.70. The Morgan fingerprint density at radius 3 is 3.00 bits per heavy atom. The second-order valence-corrected chi connectivity index (χ2v) is 2.76. The summed E-state index contributed by atoms with van der Waals surface area (Å²) in [5.74, 6) is 0. The molecule has 0 radical (unpaired) electrons. The van der Waals surface area contributed by atoms with Gasteiger partial charge in [-0.15, -0.1) is 0 Å². The van der Waals surface area contributed by atoms with Crippen LogP contribution in [0.5, 0.6) is 0 Å². The highest BCUT2D eigenvalue weighted by Crippen LogP contribution is 2.04. The molecule has 0 amide bonds. The molecular weight excluding hydrogens is 166 g/mol. The topological polar surface area (TPSA) is 64.1 Å². The van der Waals surface area contributed by atoms with Gasteiger partial charge in [-0.1, -0.05) is 11.6 Å². The maximum atomic E-state index is 8.60. The van der Waals surface area contributed by atoms with Crippen LogP contribution in [0.2, 0.25) is 5.02 Å². The molecule has 3 N–H and O–H groups in total. The third-order valence-corrected chi connectivity index (χ3v) is 1.45. The average Bonchev–Trinajstić information content (AvgIpc) is 2.35. The van der Waals surface area contributed by atoms with Crippen LogP contribution >= 0.6 is 11.6 Å². The summed E-state index contributed by atoms with van der Waals surface area (Å²) in [7, 11) is 0. The monoisotopic (exact) mass is 175 g/mol. The lowest BCUT2D eigenvalue weighted by Gasteiger charge is -2.06. The molecule has 0 saturated carbocycles. The van der Waals surface area contributed by atoms with E-state index in [4.69, 9.17) is 22.4 Å². The van der Waals surface area contributed by atoms with Crippen molar-refractivity contribution in [1.29, 1.82) is 0 Å². The Bertz CT molecular complexity index is 225. The van der Waals surface area contributed by atoms with Crippen molar-refractivity contribution in [3.05, 3.63) is 17.4 Å². The van der Waals surface area contributed by atoms with Crippen molar-refractivity contribution in [3.63, 3.8) is 0 Å². The fourth-order valence-electron chi connectivity index (χ4n) is 0.736. The average molecular weight is 176 g/mol. The fraction of sp³-hybridized carbons (Fsp3) is 0.500. The van der Waals surface area contributed by atoms with Crippen LogP contribution in [-0.4, -0.2) is 27.5 Å². The molecule has 1 unspecified atom stereocenters. The molecule has 1 heterocycles. The largest absolute Gasteiger partial charge is 0.395 e. The summed E-state index contributed by atoms with van der Waals surface area (Å²) in [4.78, 5) is 0. The molecule has 0 spiro atoms. The van der Waals surface area contributed by atoms with Gasteiger partial charge in [0.1, 0.15) is 0 Å². The highest BCUT2D eigenvalue weighted by molar-refractivity contribution is 6.30. The zero-order valence-electron chi connectivity index (χ0n) is 5.94. The first-order chi connectivity index (χ1) is 5.22. The van der Waals surface area contributed by atoms with E-state index in [2.05, 4.69) is 5.10 Å². The van der Waals surface area contributed by atoms with Crippen molar-refractivity contribution in [2.24, 2.45) is 5.73 Å². The van der Waals surface area contributed by atoms with E-state index in [1.54, 1.807) is 10.9 Å². The molecule has 0 aliphatic carbocycles. The molecule has 1 aromatic rings. The normalized spacial score (nSPS) is 13.4. The van der Waals surface area contributed by atoms with Gasteiger partial charge in [-0.25, -0.2) is 0 Å². The number of aliphatic hydroxyl groups excluding tert-OH is 1. The van der Waals surface area contributed by atoms with Crippen LogP contribution < -0.4 is 5.73 Å². The SMILES string of the molecule is NC(CO)Cn1cc(Cl)cn1. The van der Waals surface area contributed by atoms with Crippen LogP contribution in [0.4, 0.5) is 0 Å². The Morgan fingerprint density at radius 2 is 2.55 bits per heavy atom. The van der Waals surface area contributed by atoms with Crippen LogP contribution in [0.1, 0.15) is 0 Å². The van der Waals surface area contributed by atoms with E-state index in [-0.39, 0.29) is 12.6 Å². The molecule has 0 bridgehead atoms. The first-order valence-electron chi connectivity index (χ1n) is 3.27. The molecule has 0 aromatic carbocycles. The van der Waals surface area contributed by atoms with Crippen LogP contribution in [0.3, 0.4) is 0 Å². The molecule has 4 nitrogen and oxygen atoms in total. The molecular formula is C6H10ClN3O. The van der Waals surface area contributed by atoms with Gasteiger partial charge >= 0.3 is 0 Å². The lowest BCUT2D eigenvalue weighted by atomic mass is 10.3. The number of aliphatic hydroxyl groups is 1. The highest BCUT2D eigenvalue weighted by atomic mass is 35.5. The van der Waals surface area contributed by atoms with Crippen LogP contribution in [0.25, 0.3) is 0 Å². The maximum absolute atomic E-state index is 8.60. The molecule has 0 saturated heterocycles. The maximum Gasteiger partial charge on any atom is 0.0785 e. The number of nitrogens with zero attached hydrogens (tertiary/aromatic N) is 2. The van der Waals surface area contributed by atoms with Crippen molar-refractivity contribution in [1.82, 2.24) is 9.78 Å². The van der Waals surface area contributed by atoms with Gasteiger partial charge in [0.05, 0.1) is 24.4 Å². The Hall–Kier alpha value is -0.580. The van der Waals surface area contributed by atoms with E-state index in [9.17, 15) is 0 Å². The predicted molar refractivity (Wildman–Crippen MR) is 42.3 cm³/mol. The summed E-state index contributed by atoms with van der Waals surface area (Å²) in [5, 5.41) is 13.1. The predicted octanol–water partition coefficient (Wildman–Crippen LogP) is -0.144. The second-order valence-electron chi connectivity index (χ2n) is 2.32. The molecule has 0 aliphatic heterocycles. The van der Waals surface area contributed by atoms with E-state index < -0.39 is 0 Å². The fourth-order valence-corrected chi connectivity index (χ4v) is 0.892. The van der Waals surface area contributed by atoms with E-state index in [0.717, 1.165) is 0 Å². The van der Waals surface area contributed by atoms with Crippen LogP contribution in [0, 0.1) is 0 Å². The standard InChI is InChI=1S/C6H10ClN3O/c7-5-1-9-10(2-5)3-6(8)4-11/h1-2,6,11H,3-4,8H2. The van der Waals surface area contributed by atoms with Crippen molar-refractivity contribution in [2.75, 3.05) is 6.61 Å². The van der Waals surface area contributed by atoms with Gasteiger partial charge < -0.3 is 10.8 Å². The Morgan fingerprint density at radius 1 is 1.82 bits per heavy atom. The summed E-state index contributed by atoms with van der Waals surface area (Å²) in [6, 6.07) is -0.272. The summed E-state index contributed by atoms with van der Waals surface area (Å²) in [5.41, 5.74) is 5.46. The number of halogens is 1.